The van der Waals surface area contributed by atoms with E-state index < -0.39 is 0 Å². The second-order valence-corrected chi connectivity index (χ2v) is 3.95. The Labute approximate surface area is 108 Å². The predicted octanol–water partition coefficient (Wildman–Crippen LogP) is 2.00. The standard InChI is InChI=1S/C12H20N6/c1-16-18-12(15)17-10-6-4-2-3-5-7-11(14)8-9-13/h14H,2-8,10H2,(H3,15,17,18). The zero-order chi connectivity index (χ0) is 13.6. The number of nitriles is 1. The Morgan fingerprint density at radius 3 is 2.67 bits per heavy atom. The van der Waals surface area contributed by atoms with Crippen LogP contribution in [-0.4, -0.2) is 18.2 Å². The van der Waals surface area contributed by atoms with Gasteiger partial charge in [-0.25, -0.2) is 4.99 Å². The molecule has 0 aromatic rings. The zero-order valence-electron chi connectivity index (χ0n) is 10.6. The molecule has 4 N–H and O–H groups in total. The quantitative estimate of drug-likeness (QED) is 0.191. The largest absolute Gasteiger partial charge is 0.365 e. The van der Waals surface area contributed by atoms with Crippen LogP contribution in [0.4, 0.5) is 0 Å². The van der Waals surface area contributed by atoms with Crippen LogP contribution in [-0.2, 0) is 0 Å². The van der Waals surface area contributed by atoms with Crippen molar-refractivity contribution in [3.63, 3.8) is 0 Å². The first-order chi connectivity index (χ1) is 8.70. The minimum atomic E-state index is 0.176. The van der Waals surface area contributed by atoms with Crippen molar-refractivity contribution in [1.82, 2.24) is 5.43 Å². The number of nitrogens with zero attached hydrogens (tertiary/aromatic N) is 3. The van der Waals surface area contributed by atoms with Crippen LogP contribution in [0.5, 0.6) is 0 Å². The number of hydrogen-bond acceptors (Lipinski definition) is 3. The Morgan fingerprint density at radius 1 is 1.33 bits per heavy atom. The fourth-order valence-electron chi connectivity index (χ4n) is 1.46. The molecule has 6 heteroatoms. The molecular formula is C12H20N6. The highest BCUT2D eigenvalue weighted by Crippen LogP contribution is 2.06. The summed E-state index contributed by atoms with van der Waals surface area (Å²) < 4.78 is 0. The molecule has 0 radical (unpaired) electrons. The van der Waals surface area contributed by atoms with Crippen LogP contribution >= 0.6 is 0 Å². The fraction of sp³-hybridized carbons (Fsp3) is 0.667. The average molecular weight is 248 g/mol. The molecule has 0 spiro atoms. The van der Waals surface area contributed by atoms with Crippen molar-refractivity contribution >= 4 is 11.7 Å². The van der Waals surface area contributed by atoms with Crippen molar-refractivity contribution in [3.05, 3.63) is 11.5 Å². The molecule has 0 bridgehead atoms. The van der Waals surface area contributed by atoms with E-state index >= 15 is 0 Å². The highest BCUT2D eigenvalue weighted by atomic mass is 15.3. The lowest BCUT2D eigenvalue weighted by molar-refractivity contribution is 0.626. The SMILES string of the molecule is [C-]#[N+]NC(N)=NCCCCCCCC(=N)CC#N. The number of hydrogen-bond donors (Lipinski definition) is 3. The summed E-state index contributed by atoms with van der Waals surface area (Å²) in [6, 6.07) is 1.98. The van der Waals surface area contributed by atoms with Gasteiger partial charge in [-0.1, -0.05) is 24.7 Å². The first kappa shape index (κ1) is 15.9. The molecular weight excluding hydrogens is 228 g/mol. The van der Waals surface area contributed by atoms with Gasteiger partial charge in [-0.3, -0.25) is 0 Å². The van der Waals surface area contributed by atoms with Crippen molar-refractivity contribution in [2.45, 2.75) is 44.9 Å². The maximum absolute atomic E-state index is 8.38. The van der Waals surface area contributed by atoms with Crippen molar-refractivity contribution < 1.29 is 0 Å². The molecule has 0 rings (SSSR count). The van der Waals surface area contributed by atoms with Gasteiger partial charge in [0.05, 0.1) is 12.5 Å². The molecule has 0 aromatic carbocycles. The second-order valence-electron chi connectivity index (χ2n) is 3.95. The molecule has 0 fully saturated rings. The van der Waals surface area contributed by atoms with E-state index in [1.54, 1.807) is 0 Å². The Bertz CT molecular complexity index is 347. The molecule has 0 aliphatic carbocycles. The summed E-state index contributed by atoms with van der Waals surface area (Å²) in [6.45, 7) is 7.14. The molecule has 0 aliphatic rings. The lowest BCUT2D eigenvalue weighted by atomic mass is 10.1. The molecule has 0 saturated heterocycles. The Morgan fingerprint density at radius 2 is 2.00 bits per heavy atom. The number of unbranched alkanes of at least 4 members (excludes halogenated alkanes) is 4. The summed E-state index contributed by atoms with van der Waals surface area (Å²) in [7, 11) is 0. The van der Waals surface area contributed by atoms with Crippen LogP contribution in [0.1, 0.15) is 44.9 Å². The van der Waals surface area contributed by atoms with Crippen LogP contribution in [0.2, 0.25) is 0 Å². The van der Waals surface area contributed by atoms with Crippen LogP contribution in [0.3, 0.4) is 0 Å². The summed E-state index contributed by atoms with van der Waals surface area (Å²) in [5.74, 6) is 0.176. The molecule has 0 saturated carbocycles. The lowest BCUT2D eigenvalue weighted by Gasteiger charge is -2.00. The number of nitrogens with one attached hydrogen (secondary N) is 2. The molecule has 0 heterocycles. The van der Waals surface area contributed by atoms with Gasteiger partial charge in [0.2, 0.25) is 0 Å². The van der Waals surface area contributed by atoms with E-state index in [0.29, 0.717) is 12.3 Å². The molecule has 98 valence electrons. The number of nitrogens with two attached hydrogens (primary N) is 1. The summed E-state index contributed by atoms with van der Waals surface area (Å²) >= 11 is 0. The summed E-state index contributed by atoms with van der Waals surface area (Å²) in [6.07, 6.45) is 6.16. The van der Waals surface area contributed by atoms with Crippen LogP contribution < -0.4 is 11.2 Å². The molecule has 0 aliphatic heterocycles. The maximum atomic E-state index is 8.38. The third kappa shape index (κ3) is 10.4. The minimum absolute atomic E-state index is 0.176. The third-order valence-electron chi connectivity index (χ3n) is 2.38. The van der Waals surface area contributed by atoms with Crippen LogP contribution in [0, 0.1) is 23.3 Å². The van der Waals surface area contributed by atoms with Crippen molar-refractivity contribution in [3.8, 4) is 6.07 Å². The van der Waals surface area contributed by atoms with Crippen LogP contribution in [0.25, 0.3) is 4.95 Å². The number of guanidine groups is 1. The average Bonchev–Trinajstić information content (AvgIpc) is 2.33. The maximum Gasteiger partial charge on any atom is 0.259 e. The number of rotatable bonds is 9. The molecule has 0 unspecified atom stereocenters. The lowest BCUT2D eigenvalue weighted by Crippen LogP contribution is -2.25. The Hall–Kier alpha value is -2.08. The highest BCUT2D eigenvalue weighted by molar-refractivity contribution is 5.83. The molecule has 6 nitrogen and oxygen atoms in total. The van der Waals surface area contributed by atoms with E-state index in [1.807, 2.05) is 6.07 Å². The van der Waals surface area contributed by atoms with Crippen molar-refractivity contribution in [2.75, 3.05) is 6.54 Å². The van der Waals surface area contributed by atoms with E-state index in [4.69, 9.17) is 23.0 Å². The summed E-state index contributed by atoms with van der Waals surface area (Å²) in [4.78, 5) is 6.89. The van der Waals surface area contributed by atoms with Gasteiger partial charge in [-0.15, -0.1) is 0 Å². The summed E-state index contributed by atoms with van der Waals surface area (Å²) in [5, 5.41) is 15.8. The third-order valence-corrected chi connectivity index (χ3v) is 2.38. The van der Waals surface area contributed by atoms with Gasteiger partial charge in [-0.05, 0) is 19.3 Å². The van der Waals surface area contributed by atoms with E-state index in [9.17, 15) is 0 Å². The van der Waals surface area contributed by atoms with Gasteiger partial charge in [0.25, 0.3) is 5.96 Å². The van der Waals surface area contributed by atoms with E-state index in [-0.39, 0.29) is 12.4 Å². The van der Waals surface area contributed by atoms with Gasteiger partial charge in [0.1, 0.15) is 0 Å². The van der Waals surface area contributed by atoms with E-state index in [0.717, 1.165) is 38.5 Å². The Balaban J connectivity index is 3.32. The normalized spacial score (nSPS) is 10.4. The minimum Gasteiger partial charge on any atom is -0.365 e. The van der Waals surface area contributed by atoms with Crippen molar-refractivity contribution in [1.29, 1.82) is 10.7 Å². The second kappa shape index (κ2) is 11.4. The van der Waals surface area contributed by atoms with Crippen molar-refractivity contribution in [2.24, 2.45) is 10.7 Å². The molecule has 0 aromatic heterocycles. The van der Waals surface area contributed by atoms with Crippen LogP contribution in [0.15, 0.2) is 4.99 Å². The summed E-state index contributed by atoms with van der Waals surface area (Å²) in [5.41, 5.74) is 8.16. The monoisotopic (exact) mass is 248 g/mol. The molecule has 18 heavy (non-hydrogen) atoms. The van der Waals surface area contributed by atoms with E-state index in [1.165, 1.54) is 0 Å². The first-order valence-electron chi connectivity index (χ1n) is 6.06. The topological polar surface area (TPSA) is 102 Å². The van der Waals surface area contributed by atoms with Gasteiger partial charge in [0, 0.05) is 12.3 Å². The van der Waals surface area contributed by atoms with Gasteiger partial charge in [0.15, 0.2) is 0 Å². The first-order valence-corrected chi connectivity index (χ1v) is 6.06. The van der Waals surface area contributed by atoms with Gasteiger partial charge >= 0.3 is 0 Å². The zero-order valence-corrected chi connectivity index (χ0v) is 10.6. The fourth-order valence-corrected chi connectivity index (χ4v) is 1.46. The molecule has 0 amide bonds. The van der Waals surface area contributed by atoms with Gasteiger partial charge in [-0.2, -0.15) is 16.8 Å². The smallest absolute Gasteiger partial charge is 0.259 e. The highest BCUT2D eigenvalue weighted by Gasteiger charge is 1.96. The van der Waals surface area contributed by atoms with Gasteiger partial charge < -0.3 is 11.1 Å². The number of aliphatic imine (C=N–C) groups is 1. The Kier molecular flexibility index (Phi) is 10.1. The molecule has 0 atom stereocenters. The van der Waals surface area contributed by atoms with E-state index in [2.05, 4.69) is 15.4 Å². The predicted molar refractivity (Wildman–Crippen MR) is 71.9 cm³/mol.